The number of rotatable bonds is 5. The predicted octanol–water partition coefficient (Wildman–Crippen LogP) is 1.55. The van der Waals surface area contributed by atoms with Crippen LogP contribution in [0.3, 0.4) is 0 Å². The van der Waals surface area contributed by atoms with Crippen molar-refractivity contribution in [3.05, 3.63) is 0 Å². The molecular weight excluding hydrogens is 288 g/mol. The van der Waals surface area contributed by atoms with Crippen molar-refractivity contribution in [1.29, 1.82) is 0 Å². The second kappa shape index (κ2) is 7.40. The SMILES string of the molecule is COC1CCN(C2CCN(S(=O)(=O)CC(C)C)CC2)CC1. The molecule has 2 aliphatic heterocycles. The van der Waals surface area contributed by atoms with Gasteiger partial charge in [0.25, 0.3) is 0 Å². The Bertz CT molecular complexity index is 409. The monoisotopic (exact) mass is 318 g/mol. The third-order valence-electron chi connectivity index (χ3n) is 4.69. The Morgan fingerprint density at radius 1 is 1.05 bits per heavy atom. The number of sulfonamides is 1. The van der Waals surface area contributed by atoms with Crippen LogP contribution in [0.5, 0.6) is 0 Å². The van der Waals surface area contributed by atoms with Gasteiger partial charge in [-0.25, -0.2) is 12.7 Å². The molecule has 0 amide bonds. The van der Waals surface area contributed by atoms with Crippen molar-refractivity contribution in [1.82, 2.24) is 9.21 Å². The van der Waals surface area contributed by atoms with Gasteiger partial charge < -0.3 is 9.64 Å². The van der Waals surface area contributed by atoms with Crippen molar-refractivity contribution in [3.8, 4) is 0 Å². The summed E-state index contributed by atoms with van der Waals surface area (Å²) in [5.41, 5.74) is 0. The Morgan fingerprint density at radius 3 is 2.10 bits per heavy atom. The van der Waals surface area contributed by atoms with E-state index in [2.05, 4.69) is 4.90 Å². The van der Waals surface area contributed by atoms with Crippen LogP contribution in [0, 0.1) is 5.92 Å². The molecule has 2 saturated heterocycles. The van der Waals surface area contributed by atoms with E-state index in [1.54, 1.807) is 11.4 Å². The minimum Gasteiger partial charge on any atom is -0.381 e. The predicted molar refractivity (Wildman–Crippen MR) is 84.8 cm³/mol. The Balaban J connectivity index is 1.81. The van der Waals surface area contributed by atoms with Crippen LogP contribution in [0.25, 0.3) is 0 Å². The van der Waals surface area contributed by atoms with E-state index in [0.717, 1.165) is 38.8 Å². The largest absolute Gasteiger partial charge is 0.381 e. The minimum atomic E-state index is -3.05. The Kier molecular flexibility index (Phi) is 6.05. The van der Waals surface area contributed by atoms with E-state index in [9.17, 15) is 8.42 Å². The normalized spacial score (nSPS) is 24.8. The van der Waals surface area contributed by atoms with Gasteiger partial charge in [0.2, 0.25) is 10.0 Å². The molecule has 0 spiro atoms. The number of piperidine rings is 2. The van der Waals surface area contributed by atoms with Gasteiger partial charge in [-0.05, 0) is 31.6 Å². The van der Waals surface area contributed by atoms with Crippen LogP contribution in [0.1, 0.15) is 39.5 Å². The molecule has 0 aromatic carbocycles. The number of likely N-dealkylation sites (tertiary alicyclic amines) is 1. The van der Waals surface area contributed by atoms with E-state index in [1.165, 1.54) is 0 Å². The average molecular weight is 318 g/mol. The van der Waals surface area contributed by atoms with Gasteiger partial charge in [-0.1, -0.05) is 13.8 Å². The van der Waals surface area contributed by atoms with Crippen molar-refractivity contribution in [2.75, 3.05) is 39.0 Å². The van der Waals surface area contributed by atoms with Crippen molar-refractivity contribution in [2.45, 2.75) is 51.7 Å². The number of hydrogen-bond acceptors (Lipinski definition) is 4. The summed E-state index contributed by atoms with van der Waals surface area (Å²) in [4.78, 5) is 2.53. The quantitative estimate of drug-likeness (QED) is 0.772. The third-order valence-corrected chi connectivity index (χ3v) is 6.93. The fourth-order valence-corrected chi connectivity index (χ4v) is 5.31. The number of nitrogens with zero attached hydrogens (tertiary/aromatic N) is 2. The molecule has 0 aliphatic carbocycles. The van der Waals surface area contributed by atoms with Gasteiger partial charge in [-0.15, -0.1) is 0 Å². The number of methoxy groups -OCH3 is 1. The van der Waals surface area contributed by atoms with Crippen LogP contribution in [-0.2, 0) is 14.8 Å². The molecule has 21 heavy (non-hydrogen) atoms. The molecule has 2 heterocycles. The molecule has 0 N–H and O–H groups in total. The zero-order chi connectivity index (χ0) is 15.5. The van der Waals surface area contributed by atoms with Gasteiger partial charge in [0.1, 0.15) is 0 Å². The lowest BCUT2D eigenvalue weighted by atomic mass is 10.00. The average Bonchev–Trinajstić information content (AvgIpc) is 2.46. The van der Waals surface area contributed by atoms with E-state index in [4.69, 9.17) is 4.74 Å². The van der Waals surface area contributed by atoms with Crippen LogP contribution in [0.4, 0.5) is 0 Å². The summed E-state index contributed by atoms with van der Waals surface area (Å²) in [5, 5.41) is 0. The summed E-state index contributed by atoms with van der Waals surface area (Å²) in [7, 11) is -1.26. The molecule has 0 radical (unpaired) electrons. The van der Waals surface area contributed by atoms with Gasteiger partial charge in [0.15, 0.2) is 0 Å². The summed E-state index contributed by atoms with van der Waals surface area (Å²) in [6.07, 6.45) is 4.54. The summed E-state index contributed by atoms with van der Waals surface area (Å²) in [5.74, 6) is 0.470. The second-order valence-corrected chi connectivity index (χ2v) is 8.79. The summed E-state index contributed by atoms with van der Waals surface area (Å²) in [6.45, 7) is 7.46. The van der Waals surface area contributed by atoms with Crippen molar-refractivity contribution < 1.29 is 13.2 Å². The van der Waals surface area contributed by atoms with Crippen LogP contribution >= 0.6 is 0 Å². The van der Waals surface area contributed by atoms with Gasteiger partial charge in [0, 0.05) is 39.3 Å². The molecule has 0 bridgehead atoms. The lowest BCUT2D eigenvalue weighted by Gasteiger charge is -2.41. The first kappa shape index (κ1) is 17.2. The molecule has 0 unspecified atom stereocenters. The Labute approximate surface area is 129 Å². The lowest BCUT2D eigenvalue weighted by molar-refractivity contribution is 0.0190. The molecular formula is C15H30N2O3S. The highest BCUT2D eigenvalue weighted by Gasteiger charge is 2.32. The fourth-order valence-electron chi connectivity index (χ4n) is 3.49. The van der Waals surface area contributed by atoms with Crippen LogP contribution in [0.2, 0.25) is 0 Å². The molecule has 0 atom stereocenters. The van der Waals surface area contributed by atoms with Gasteiger partial charge >= 0.3 is 0 Å². The van der Waals surface area contributed by atoms with Crippen LogP contribution < -0.4 is 0 Å². The zero-order valence-corrected chi connectivity index (χ0v) is 14.4. The summed E-state index contributed by atoms with van der Waals surface area (Å²) < 4.78 is 31.6. The highest BCUT2D eigenvalue weighted by molar-refractivity contribution is 7.89. The minimum absolute atomic E-state index is 0.195. The van der Waals surface area contributed by atoms with Crippen molar-refractivity contribution >= 4 is 10.0 Å². The van der Waals surface area contributed by atoms with E-state index in [1.807, 2.05) is 13.8 Å². The van der Waals surface area contributed by atoms with Crippen molar-refractivity contribution in [2.24, 2.45) is 5.92 Å². The highest BCUT2D eigenvalue weighted by Crippen LogP contribution is 2.23. The molecule has 2 rings (SSSR count). The fraction of sp³-hybridized carbons (Fsp3) is 1.00. The molecule has 0 aromatic rings. The molecule has 0 saturated carbocycles. The zero-order valence-electron chi connectivity index (χ0n) is 13.6. The topological polar surface area (TPSA) is 49.9 Å². The maximum atomic E-state index is 12.3. The highest BCUT2D eigenvalue weighted by atomic mass is 32.2. The van der Waals surface area contributed by atoms with Gasteiger partial charge in [-0.2, -0.15) is 0 Å². The summed E-state index contributed by atoms with van der Waals surface area (Å²) >= 11 is 0. The first-order valence-electron chi connectivity index (χ1n) is 8.17. The van der Waals surface area contributed by atoms with Crippen molar-refractivity contribution in [3.63, 3.8) is 0 Å². The van der Waals surface area contributed by atoms with E-state index >= 15 is 0 Å². The molecule has 0 aromatic heterocycles. The first-order valence-corrected chi connectivity index (χ1v) is 9.78. The maximum Gasteiger partial charge on any atom is 0.214 e. The number of hydrogen-bond donors (Lipinski definition) is 0. The van der Waals surface area contributed by atoms with E-state index < -0.39 is 10.0 Å². The Hall–Kier alpha value is -0.170. The van der Waals surface area contributed by atoms with Crippen LogP contribution in [0.15, 0.2) is 0 Å². The smallest absolute Gasteiger partial charge is 0.214 e. The van der Waals surface area contributed by atoms with E-state index in [-0.39, 0.29) is 11.7 Å². The molecule has 6 heteroatoms. The molecule has 124 valence electrons. The Morgan fingerprint density at radius 2 is 1.62 bits per heavy atom. The third kappa shape index (κ3) is 4.65. The van der Waals surface area contributed by atoms with E-state index in [0.29, 0.717) is 25.2 Å². The molecule has 2 aliphatic rings. The van der Waals surface area contributed by atoms with Gasteiger partial charge in [-0.3, -0.25) is 0 Å². The molecule has 2 fully saturated rings. The number of ether oxygens (including phenoxy) is 1. The second-order valence-electron chi connectivity index (χ2n) is 6.77. The lowest BCUT2D eigenvalue weighted by Crippen LogP contribution is -2.50. The maximum absolute atomic E-state index is 12.3. The first-order chi connectivity index (χ1) is 9.92. The standard InChI is InChI=1S/C15H30N2O3S/c1-13(2)12-21(18,19)17-10-4-14(5-11-17)16-8-6-15(20-3)7-9-16/h13-15H,4-12H2,1-3H3. The van der Waals surface area contributed by atoms with Gasteiger partial charge in [0.05, 0.1) is 11.9 Å². The summed E-state index contributed by atoms with van der Waals surface area (Å²) in [6, 6.07) is 0.549. The van der Waals surface area contributed by atoms with Crippen LogP contribution in [-0.4, -0.2) is 68.8 Å². The molecule has 5 nitrogen and oxygen atoms in total.